The second-order valence-corrected chi connectivity index (χ2v) is 4.23. The molecule has 2 rings (SSSR count). The van der Waals surface area contributed by atoms with Crippen molar-refractivity contribution in [1.29, 1.82) is 0 Å². The van der Waals surface area contributed by atoms with E-state index in [1.54, 1.807) is 31.6 Å². The van der Waals surface area contributed by atoms with E-state index in [0.717, 1.165) is 10.6 Å². The standard InChI is InChI=1S/C11H11N3OS/c1-8(15)9-3-4-10(14-7-9)16-11-12-5-2-6-13-11/h2-8,15H,1H3/t8-/m0/s1. The van der Waals surface area contributed by atoms with Crippen molar-refractivity contribution in [2.75, 3.05) is 0 Å². The molecule has 2 heterocycles. The summed E-state index contributed by atoms with van der Waals surface area (Å²) in [7, 11) is 0. The first-order valence-electron chi connectivity index (χ1n) is 4.84. The van der Waals surface area contributed by atoms with Gasteiger partial charge in [0, 0.05) is 18.6 Å². The Morgan fingerprint density at radius 2 is 1.94 bits per heavy atom. The van der Waals surface area contributed by atoms with Crippen LogP contribution in [0.5, 0.6) is 0 Å². The Bertz CT molecular complexity index is 445. The average Bonchev–Trinajstić information content (AvgIpc) is 2.31. The Hall–Kier alpha value is -1.46. The summed E-state index contributed by atoms with van der Waals surface area (Å²) in [4.78, 5) is 12.4. The van der Waals surface area contributed by atoms with Gasteiger partial charge in [0.2, 0.25) is 0 Å². The van der Waals surface area contributed by atoms with E-state index in [9.17, 15) is 5.11 Å². The number of hydrogen-bond acceptors (Lipinski definition) is 5. The molecule has 1 N–H and O–H groups in total. The second-order valence-electron chi connectivity index (χ2n) is 3.24. The van der Waals surface area contributed by atoms with Crippen LogP contribution >= 0.6 is 11.8 Å². The molecule has 0 fully saturated rings. The van der Waals surface area contributed by atoms with Gasteiger partial charge >= 0.3 is 0 Å². The van der Waals surface area contributed by atoms with E-state index in [-0.39, 0.29) is 0 Å². The summed E-state index contributed by atoms with van der Waals surface area (Å²) < 4.78 is 0. The van der Waals surface area contributed by atoms with Gasteiger partial charge in [-0.15, -0.1) is 0 Å². The lowest BCUT2D eigenvalue weighted by Gasteiger charge is -2.04. The van der Waals surface area contributed by atoms with Crippen molar-refractivity contribution in [1.82, 2.24) is 15.0 Å². The number of pyridine rings is 1. The largest absolute Gasteiger partial charge is 0.389 e. The maximum absolute atomic E-state index is 9.33. The molecule has 16 heavy (non-hydrogen) atoms. The van der Waals surface area contributed by atoms with Crippen LogP contribution < -0.4 is 0 Å². The number of nitrogens with zero attached hydrogens (tertiary/aromatic N) is 3. The number of aliphatic hydroxyl groups excluding tert-OH is 1. The molecule has 0 aliphatic heterocycles. The van der Waals surface area contributed by atoms with Gasteiger partial charge in [0.05, 0.1) is 6.10 Å². The van der Waals surface area contributed by atoms with Crippen LogP contribution in [0.4, 0.5) is 0 Å². The molecule has 0 aliphatic rings. The minimum Gasteiger partial charge on any atom is -0.389 e. The highest BCUT2D eigenvalue weighted by molar-refractivity contribution is 7.99. The van der Waals surface area contributed by atoms with E-state index in [2.05, 4.69) is 15.0 Å². The molecule has 0 saturated carbocycles. The van der Waals surface area contributed by atoms with Gasteiger partial charge in [0.15, 0.2) is 5.16 Å². The minimum absolute atomic E-state index is 0.487. The number of aromatic nitrogens is 3. The number of hydrogen-bond donors (Lipinski definition) is 1. The van der Waals surface area contributed by atoms with Crippen LogP contribution in [0.3, 0.4) is 0 Å². The molecule has 0 saturated heterocycles. The van der Waals surface area contributed by atoms with Gasteiger partial charge < -0.3 is 5.11 Å². The van der Waals surface area contributed by atoms with E-state index in [0.29, 0.717) is 5.16 Å². The van der Waals surface area contributed by atoms with Crippen LogP contribution in [0.25, 0.3) is 0 Å². The highest BCUT2D eigenvalue weighted by Gasteiger charge is 2.03. The second kappa shape index (κ2) is 5.05. The van der Waals surface area contributed by atoms with Gasteiger partial charge in [0.25, 0.3) is 0 Å². The molecule has 2 aromatic rings. The van der Waals surface area contributed by atoms with Crippen LogP contribution in [0.2, 0.25) is 0 Å². The van der Waals surface area contributed by atoms with Crippen molar-refractivity contribution < 1.29 is 5.11 Å². The molecule has 5 heteroatoms. The van der Waals surface area contributed by atoms with E-state index in [1.165, 1.54) is 11.8 Å². The fourth-order valence-electron chi connectivity index (χ4n) is 1.13. The molecule has 1 atom stereocenters. The molecule has 2 aromatic heterocycles. The molecule has 0 unspecified atom stereocenters. The first-order chi connectivity index (χ1) is 7.75. The zero-order valence-corrected chi connectivity index (χ0v) is 9.56. The van der Waals surface area contributed by atoms with Crippen LogP contribution in [-0.4, -0.2) is 20.1 Å². The first-order valence-corrected chi connectivity index (χ1v) is 5.66. The normalized spacial score (nSPS) is 12.4. The average molecular weight is 233 g/mol. The van der Waals surface area contributed by atoms with E-state index < -0.39 is 6.10 Å². The third-order valence-corrected chi connectivity index (χ3v) is 2.82. The molecule has 0 radical (unpaired) electrons. The third-order valence-electron chi connectivity index (χ3n) is 1.98. The lowest BCUT2D eigenvalue weighted by atomic mass is 10.2. The quantitative estimate of drug-likeness (QED) is 0.822. The number of aliphatic hydroxyl groups is 1. The predicted octanol–water partition coefficient (Wildman–Crippen LogP) is 2.08. The molecule has 0 bridgehead atoms. The van der Waals surface area contributed by atoms with Crippen LogP contribution in [-0.2, 0) is 0 Å². The molecule has 0 aromatic carbocycles. The van der Waals surface area contributed by atoms with Crippen molar-refractivity contribution in [3.63, 3.8) is 0 Å². The van der Waals surface area contributed by atoms with Crippen LogP contribution in [0.1, 0.15) is 18.6 Å². The van der Waals surface area contributed by atoms with Crippen molar-refractivity contribution >= 4 is 11.8 Å². The molecular weight excluding hydrogens is 222 g/mol. The van der Waals surface area contributed by atoms with E-state index >= 15 is 0 Å². The summed E-state index contributed by atoms with van der Waals surface area (Å²) in [5.41, 5.74) is 0.804. The van der Waals surface area contributed by atoms with Crippen molar-refractivity contribution in [2.45, 2.75) is 23.2 Å². The Balaban J connectivity index is 2.11. The zero-order chi connectivity index (χ0) is 11.4. The van der Waals surface area contributed by atoms with Gasteiger partial charge in [-0.2, -0.15) is 0 Å². The Morgan fingerprint density at radius 1 is 1.19 bits per heavy atom. The summed E-state index contributed by atoms with van der Waals surface area (Å²) >= 11 is 1.39. The Morgan fingerprint density at radius 3 is 2.50 bits per heavy atom. The lowest BCUT2D eigenvalue weighted by molar-refractivity contribution is 0.198. The SMILES string of the molecule is C[C@H](O)c1ccc(Sc2ncccn2)nc1. The van der Waals surface area contributed by atoms with Gasteiger partial charge in [-0.1, -0.05) is 6.07 Å². The minimum atomic E-state index is -0.487. The molecular formula is C11H11N3OS. The summed E-state index contributed by atoms with van der Waals surface area (Å²) in [5.74, 6) is 0. The molecule has 0 spiro atoms. The first kappa shape index (κ1) is 11.0. The van der Waals surface area contributed by atoms with Crippen molar-refractivity contribution in [3.8, 4) is 0 Å². The smallest absolute Gasteiger partial charge is 0.193 e. The summed E-state index contributed by atoms with van der Waals surface area (Å²) in [5, 5.41) is 10.8. The van der Waals surface area contributed by atoms with Crippen molar-refractivity contribution in [3.05, 3.63) is 42.4 Å². The van der Waals surface area contributed by atoms with Crippen LogP contribution in [0, 0.1) is 0 Å². The molecule has 0 aliphatic carbocycles. The summed E-state index contributed by atoms with van der Waals surface area (Å²) in [6.45, 7) is 1.71. The topological polar surface area (TPSA) is 58.9 Å². The van der Waals surface area contributed by atoms with Gasteiger partial charge in [-0.3, -0.25) is 0 Å². The molecule has 0 amide bonds. The van der Waals surface area contributed by atoms with E-state index in [1.807, 2.05) is 12.1 Å². The lowest BCUT2D eigenvalue weighted by Crippen LogP contribution is -1.92. The van der Waals surface area contributed by atoms with Crippen LogP contribution in [0.15, 0.2) is 47.0 Å². The highest BCUT2D eigenvalue weighted by Crippen LogP contribution is 2.22. The monoisotopic (exact) mass is 233 g/mol. The fourth-order valence-corrected chi connectivity index (χ4v) is 1.79. The van der Waals surface area contributed by atoms with Gasteiger partial charge in [0.1, 0.15) is 5.03 Å². The molecule has 4 nitrogen and oxygen atoms in total. The van der Waals surface area contributed by atoms with Gasteiger partial charge in [-0.05, 0) is 36.4 Å². The fraction of sp³-hybridized carbons (Fsp3) is 0.182. The Kier molecular flexibility index (Phi) is 3.48. The highest BCUT2D eigenvalue weighted by atomic mass is 32.2. The predicted molar refractivity (Wildman–Crippen MR) is 61.0 cm³/mol. The Labute approximate surface area is 97.8 Å². The molecule has 82 valence electrons. The van der Waals surface area contributed by atoms with E-state index in [4.69, 9.17) is 0 Å². The number of rotatable bonds is 3. The summed E-state index contributed by atoms with van der Waals surface area (Å²) in [6, 6.07) is 5.47. The zero-order valence-electron chi connectivity index (χ0n) is 8.74. The summed E-state index contributed by atoms with van der Waals surface area (Å²) in [6.07, 6.45) is 4.56. The maximum Gasteiger partial charge on any atom is 0.193 e. The van der Waals surface area contributed by atoms with Crippen molar-refractivity contribution in [2.24, 2.45) is 0 Å². The maximum atomic E-state index is 9.33. The third kappa shape index (κ3) is 2.77. The van der Waals surface area contributed by atoms with Gasteiger partial charge in [-0.25, -0.2) is 15.0 Å².